The van der Waals surface area contributed by atoms with E-state index >= 15 is 0 Å². The number of benzene rings is 2. The van der Waals surface area contributed by atoms with E-state index in [0.717, 1.165) is 27.7 Å². The fourth-order valence-corrected chi connectivity index (χ4v) is 2.52. The average Bonchev–Trinajstić information content (AvgIpc) is 2.69. The van der Waals surface area contributed by atoms with E-state index in [1.54, 1.807) is 6.07 Å². The molecule has 2 nitrogen and oxygen atoms in total. The Morgan fingerprint density at radius 3 is 2.28 bits per heavy atom. The summed E-state index contributed by atoms with van der Waals surface area (Å²) in [6, 6.07) is 13.8. The van der Waals surface area contributed by atoms with Crippen LogP contribution in [0, 0.1) is 13.8 Å². The van der Waals surface area contributed by atoms with E-state index in [0.29, 0.717) is 5.75 Å². The van der Waals surface area contributed by atoms with Gasteiger partial charge in [0.25, 0.3) is 0 Å². The Hall–Kier alpha value is -2.22. The number of hydrogen-bond donors (Lipinski definition) is 2. The molecule has 0 aliphatic rings. The molecule has 0 radical (unpaired) electrons. The minimum atomic E-state index is 0.333. The van der Waals surface area contributed by atoms with Crippen LogP contribution in [-0.2, 0) is 0 Å². The first-order valence-electron chi connectivity index (χ1n) is 6.04. The second-order valence-electron chi connectivity index (χ2n) is 4.67. The number of H-pyrrole nitrogens is 1. The van der Waals surface area contributed by atoms with Crippen molar-refractivity contribution < 1.29 is 5.11 Å². The van der Waals surface area contributed by atoms with E-state index in [9.17, 15) is 5.11 Å². The normalized spacial score (nSPS) is 11.0. The number of aryl methyl sites for hydroxylation is 2. The van der Waals surface area contributed by atoms with E-state index in [1.165, 1.54) is 5.56 Å². The highest BCUT2D eigenvalue weighted by atomic mass is 16.3. The summed E-state index contributed by atoms with van der Waals surface area (Å²) in [6.45, 7) is 4.13. The van der Waals surface area contributed by atoms with Crippen LogP contribution in [0.3, 0.4) is 0 Å². The van der Waals surface area contributed by atoms with Gasteiger partial charge in [0.1, 0.15) is 5.75 Å². The zero-order valence-corrected chi connectivity index (χ0v) is 10.5. The molecule has 0 saturated heterocycles. The SMILES string of the molecule is Cc1cc(-c2ccc(O)c3ccccc23)c(C)[nH]1. The molecule has 0 amide bonds. The minimum absolute atomic E-state index is 0.333. The van der Waals surface area contributed by atoms with Crippen LogP contribution in [0.4, 0.5) is 0 Å². The van der Waals surface area contributed by atoms with Gasteiger partial charge in [-0.05, 0) is 43.0 Å². The van der Waals surface area contributed by atoms with Crippen LogP contribution in [0.5, 0.6) is 5.75 Å². The Morgan fingerprint density at radius 1 is 0.889 bits per heavy atom. The van der Waals surface area contributed by atoms with Crippen LogP contribution < -0.4 is 0 Å². The Morgan fingerprint density at radius 2 is 1.61 bits per heavy atom. The molecule has 2 heteroatoms. The molecule has 0 spiro atoms. The zero-order valence-electron chi connectivity index (χ0n) is 10.5. The maximum Gasteiger partial charge on any atom is 0.123 e. The van der Waals surface area contributed by atoms with Crippen molar-refractivity contribution in [1.82, 2.24) is 4.98 Å². The van der Waals surface area contributed by atoms with Crippen LogP contribution in [0.1, 0.15) is 11.4 Å². The van der Waals surface area contributed by atoms with E-state index in [-0.39, 0.29) is 0 Å². The number of nitrogens with one attached hydrogen (secondary N) is 1. The van der Waals surface area contributed by atoms with Gasteiger partial charge in [-0.15, -0.1) is 0 Å². The molecule has 0 atom stereocenters. The van der Waals surface area contributed by atoms with Crippen molar-refractivity contribution in [3.05, 3.63) is 53.9 Å². The fraction of sp³-hybridized carbons (Fsp3) is 0.125. The Kier molecular flexibility index (Phi) is 2.37. The van der Waals surface area contributed by atoms with Gasteiger partial charge in [0, 0.05) is 22.3 Å². The number of phenols is 1. The quantitative estimate of drug-likeness (QED) is 0.655. The van der Waals surface area contributed by atoms with Crippen molar-refractivity contribution in [1.29, 1.82) is 0 Å². The maximum absolute atomic E-state index is 9.91. The standard InChI is InChI=1S/C16H15NO/c1-10-9-15(11(2)17-10)13-7-8-16(18)14-6-4-3-5-12(13)14/h3-9,17-18H,1-2H3. The Labute approximate surface area is 106 Å². The zero-order chi connectivity index (χ0) is 12.7. The highest BCUT2D eigenvalue weighted by Crippen LogP contribution is 2.35. The van der Waals surface area contributed by atoms with Crippen LogP contribution in [0.25, 0.3) is 21.9 Å². The monoisotopic (exact) mass is 237 g/mol. The molecule has 0 fully saturated rings. The molecule has 3 aromatic rings. The molecular weight excluding hydrogens is 222 g/mol. The lowest BCUT2D eigenvalue weighted by Crippen LogP contribution is -1.82. The molecule has 1 heterocycles. The lowest BCUT2D eigenvalue weighted by Gasteiger charge is -2.07. The second kappa shape index (κ2) is 3.91. The van der Waals surface area contributed by atoms with Crippen LogP contribution in [0.15, 0.2) is 42.5 Å². The summed E-state index contributed by atoms with van der Waals surface area (Å²) in [7, 11) is 0. The molecule has 0 saturated carbocycles. The number of rotatable bonds is 1. The molecule has 18 heavy (non-hydrogen) atoms. The summed E-state index contributed by atoms with van der Waals surface area (Å²) in [5, 5.41) is 11.9. The van der Waals surface area contributed by atoms with E-state index in [1.807, 2.05) is 30.3 Å². The molecule has 0 aliphatic carbocycles. The van der Waals surface area contributed by atoms with Gasteiger partial charge in [0.15, 0.2) is 0 Å². The van der Waals surface area contributed by atoms with Crippen molar-refractivity contribution >= 4 is 10.8 Å². The maximum atomic E-state index is 9.91. The molecular formula is C16H15NO. The van der Waals surface area contributed by atoms with Gasteiger partial charge in [-0.25, -0.2) is 0 Å². The molecule has 3 rings (SSSR count). The summed E-state index contributed by atoms with van der Waals surface area (Å²) in [6.07, 6.45) is 0. The number of phenolic OH excluding ortho intramolecular Hbond substituents is 1. The van der Waals surface area contributed by atoms with Crippen molar-refractivity contribution in [3.8, 4) is 16.9 Å². The van der Waals surface area contributed by atoms with Gasteiger partial charge in [-0.2, -0.15) is 0 Å². The molecule has 0 bridgehead atoms. The van der Waals surface area contributed by atoms with Gasteiger partial charge >= 0.3 is 0 Å². The Balaban J connectivity index is 2.37. The average molecular weight is 237 g/mol. The first kappa shape index (κ1) is 10.9. The molecule has 2 aromatic carbocycles. The van der Waals surface area contributed by atoms with Crippen LogP contribution >= 0.6 is 0 Å². The molecule has 90 valence electrons. The second-order valence-corrected chi connectivity index (χ2v) is 4.67. The van der Waals surface area contributed by atoms with Gasteiger partial charge < -0.3 is 10.1 Å². The smallest absolute Gasteiger partial charge is 0.123 e. The highest BCUT2D eigenvalue weighted by molar-refractivity contribution is 6.00. The van der Waals surface area contributed by atoms with Gasteiger partial charge in [-0.1, -0.05) is 24.3 Å². The number of aromatic hydroxyl groups is 1. The number of hydrogen-bond acceptors (Lipinski definition) is 1. The first-order valence-corrected chi connectivity index (χ1v) is 6.04. The summed E-state index contributed by atoms with van der Waals surface area (Å²) in [4.78, 5) is 3.32. The number of aromatic amines is 1. The van der Waals surface area contributed by atoms with Crippen molar-refractivity contribution in [2.75, 3.05) is 0 Å². The Bertz CT molecular complexity index is 725. The van der Waals surface area contributed by atoms with E-state index < -0.39 is 0 Å². The summed E-state index contributed by atoms with van der Waals surface area (Å²) < 4.78 is 0. The third-order valence-corrected chi connectivity index (χ3v) is 3.34. The number of aromatic nitrogens is 1. The largest absolute Gasteiger partial charge is 0.507 e. The predicted octanol–water partition coefficient (Wildman–Crippen LogP) is 4.16. The van der Waals surface area contributed by atoms with Crippen LogP contribution in [-0.4, -0.2) is 10.1 Å². The fourth-order valence-electron chi connectivity index (χ4n) is 2.52. The van der Waals surface area contributed by atoms with E-state index in [2.05, 4.69) is 24.9 Å². The van der Waals surface area contributed by atoms with Crippen molar-refractivity contribution in [3.63, 3.8) is 0 Å². The lowest BCUT2D eigenvalue weighted by molar-refractivity contribution is 0.481. The first-order chi connectivity index (χ1) is 8.66. The minimum Gasteiger partial charge on any atom is -0.507 e. The highest BCUT2D eigenvalue weighted by Gasteiger charge is 2.10. The predicted molar refractivity (Wildman–Crippen MR) is 74.9 cm³/mol. The topological polar surface area (TPSA) is 36.0 Å². The van der Waals surface area contributed by atoms with Gasteiger partial charge in [0.05, 0.1) is 0 Å². The molecule has 2 N–H and O–H groups in total. The van der Waals surface area contributed by atoms with Gasteiger partial charge in [0.2, 0.25) is 0 Å². The summed E-state index contributed by atoms with van der Waals surface area (Å²) in [5.74, 6) is 0.333. The molecule has 1 aromatic heterocycles. The van der Waals surface area contributed by atoms with Crippen molar-refractivity contribution in [2.24, 2.45) is 0 Å². The number of fused-ring (bicyclic) bond motifs is 1. The molecule has 0 unspecified atom stereocenters. The third kappa shape index (κ3) is 1.58. The van der Waals surface area contributed by atoms with E-state index in [4.69, 9.17) is 0 Å². The summed E-state index contributed by atoms with van der Waals surface area (Å²) >= 11 is 0. The van der Waals surface area contributed by atoms with Gasteiger partial charge in [-0.3, -0.25) is 0 Å². The third-order valence-electron chi connectivity index (χ3n) is 3.34. The van der Waals surface area contributed by atoms with Crippen molar-refractivity contribution in [2.45, 2.75) is 13.8 Å². The van der Waals surface area contributed by atoms with Crippen LogP contribution in [0.2, 0.25) is 0 Å². The summed E-state index contributed by atoms with van der Waals surface area (Å²) in [5.41, 5.74) is 4.66. The lowest BCUT2D eigenvalue weighted by atomic mass is 9.98. The molecule has 0 aliphatic heterocycles.